The van der Waals surface area contributed by atoms with Crippen LogP contribution < -0.4 is 0 Å². The predicted octanol–water partition coefficient (Wildman–Crippen LogP) is 2.42. The van der Waals surface area contributed by atoms with Gasteiger partial charge >= 0.3 is 0 Å². The molecular formula is C17H25FN2O2S. The van der Waals surface area contributed by atoms with Gasteiger partial charge in [0.15, 0.2) is 0 Å². The average Bonchev–Trinajstić information content (AvgIpc) is 2.49. The number of hydrogen-bond donors (Lipinski definition) is 0. The Kier molecular flexibility index (Phi) is 4.76. The third-order valence-corrected chi connectivity index (χ3v) is 6.48. The van der Waals surface area contributed by atoms with Gasteiger partial charge in [-0.2, -0.15) is 0 Å². The zero-order valence-electron chi connectivity index (χ0n) is 13.8. The molecule has 2 aliphatic heterocycles. The lowest BCUT2D eigenvalue weighted by molar-refractivity contribution is 0.137. The highest BCUT2D eigenvalue weighted by atomic mass is 32.2. The number of hydrogen-bond acceptors (Lipinski definition) is 3. The quantitative estimate of drug-likeness (QED) is 0.848. The van der Waals surface area contributed by atoms with E-state index in [1.54, 1.807) is 10.4 Å². The molecule has 6 heteroatoms. The molecule has 0 N–H and O–H groups in total. The molecule has 1 saturated heterocycles. The van der Waals surface area contributed by atoms with Crippen molar-refractivity contribution in [1.29, 1.82) is 0 Å². The summed E-state index contributed by atoms with van der Waals surface area (Å²) >= 11 is 0. The first-order valence-electron chi connectivity index (χ1n) is 8.32. The van der Waals surface area contributed by atoms with E-state index in [1.165, 1.54) is 17.9 Å². The van der Waals surface area contributed by atoms with Crippen LogP contribution >= 0.6 is 0 Å². The molecule has 0 unspecified atom stereocenters. The summed E-state index contributed by atoms with van der Waals surface area (Å²) in [5.41, 5.74) is 2.31. The van der Waals surface area contributed by atoms with Gasteiger partial charge in [0.1, 0.15) is 5.82 Å². The highest BCUT2D eigenvalue weighted by Crippen LogP contribution is 2.31. The molecule has 2 atom stereocenters. The first kappa shape index (κ1) is 16.9. The summed E-state index contributed by atoms with van der Waals surface area (Å²) in [5.74, 6) is 0.211. The second kappa shape index (κ2) is 6.49. The standard InChI is InChI=1S/C17H25FN2O2S/c1-13-17-6-5-16(18)10-15(17)7-9-19(13)11-14-4-3-8-20(12-14)23(2,21)22/h5-6,10,13-14H,3-4,7-9,11-12H2,1-2H3/t13-,14+/m0/s1. The molecule has 0 amide bonds. The van der Waals surface area contributed by atoms with Crippen molar-refractivity contribution in [3.05, 3.63) is 35.1 Å². The van der Waals surface area contributed by atoms with Crippen molar-refractivity contribution in [3.8, 4) is 0 Å². The maximum absolute atomic E-state index is 13.4. The minimum absolute atomic E-state index is 0.166. The topological polar surface area (TPSA) is 40.6 Å². The maximum atomic E-state index is 13.4. The molecule has 0 bridgehead atoms. The minimum atomic E-state index is -3.09. The van der Waals surface area contributed by atoms with Crippen molar-refractivity contribution in [2.75, 3.05) is 32.4 Å². The second-order valence-corrected chi connectivity index (χ2v) is 8.88. The fourth-order valence-corrected chi connectivity index (χ4v) is 4.85. The Morgan fingerprint density at radius 1 is 1.30 bits per heavy atom. The van der Waals surface area contributed by atoms with Gasteiger partial charge in [-0.05, 0) is 55.4 Å². The second-order valence-electron chi connectivity index (χ2n) is 6.89. The van der Waals surface area contributed by atoms with Crippen LogP contribution in [0.2, 0.25) is 0 Å². The molecule has 0 radical (unpaired) electrons. The van der Waals surface area contributed by atoms with Crippen molar-refractivity contribution in [2.45, 2.75) is 32.2 Å². The molecule has 128 valence electrons. The van der Waals surface area contributed by atoms with E-state index in [0.717, 1.165) is 37.9 Å². The summed E-state index contributed by atoms with van der Waals surface area (Å²) < 4.78 is 38.5. The minimum Gasteiger partial charge on any atom is -0.296 e. The van der Waals surface area contributed by atoms with Gasteiger partial charge < -0.3 is 0 Å². The van der Waals surface area contributed by atoms with Gasteiger partial charge in [-0.3, -0.25) is 4.90 Å². The lowest BCUT2D eigenvalue weighted by Gasteiger charge is -2.39. The molecular weight excluding hydrogens is 315 g/mol. The number of fused-ring (bicyclic) bond motifs is 1. The Labute approximate surface area is 138 Å². The average molecular weight is 340 g/mol. The van der Waals surface area contributed by atoms with Crippen molar-refractivity contribution >= 4 is 10.0 Å². The molecule has 2 heterocycles. The van der Waals surface area contributed by atoms with E-state index in [0.29, 0.717) is 19.0 Å². The summed E-state index contributed by atoms with van der Waals surface area (Å²) in [5, 5.41) is 0. The number of nitrogens with zero attached hydrogens (tertiary/aromatic N) is 2. The fraction of sp³-hybridized carbons (Fsp3) is 0.647. The van der Waals surface area contributed by atoms with Gasteiger partial charge in [-0.15, -0.1) is 0 Å². The molecule has 0 spiro atoms. The number of piperidine rings is 1. The van der Waals surface area contributed by atoms with Crippen molar-refractivity contribution in [3.63, 3.8) is 0 Å². The van der Waals surface area contributed by atoms with Gasteiger partial charge in [0, 0.05) is 32.2 Å². The lowest BCUT2D eigenvalue weighted by Crippen LogP contribution is -2.45. The Bertz CT molecular complexity index is 677. The normalized spacial score (nSPS) is 26.9. The first-order valence-corrected chi connectivity index (χ1v) is 10.2. The van der Waals surface area contributed by atoms with E-state index in [1.807, 2.05) is 6.07 Å². The molecule has 0 aliphatic carbocycles. The van der Waals surface area contributed by atoms with Gasteiger partial charge in [0.05, 0.1) is 6.26 Å². The Morgan fingerprint density at radius 3 is 2.83 bits per heavy atom. The van der Waals surface area contributed by atoms with Crippen LogP contribution in [0, 0.1) is 11.7 Å². The number of rotatable bonds is 3. The van der Waals surface area contributed by atoms with Crippen molar-refractivity contribution < 1.29 is 12.8 Å². The van der Waals surface area contributed by atoms with Crippen LogP contribution in [0.1, 0.15) is 36.9 Å². The molecule has 2 aliphatic rings. The molecule has 0 saturated carbocycles. The van der Waals surface area contributed by atoms with E-state index in [4.69, 9.17) is 0 Å². The number of halogens is 1. The van der Waals surface area contributed by atoms with E-state index in [2.05, 4.69) is 11.8 Å². The van der Waals surface area contributed by atoms with Crippen LogP contribution in [-0.2, 0) is 16.4 Å². The monoisotopic (exact) mass is 340 g/mol. The Balaban J connectivity index is 1.68. The van der Waals surface area contributed by atoms with Crippen LogP contribution in [0.15, 0.2) is 18.2 Å². The zero-order chi connectivity index (χ0) is 16.6. The van der Waals surface area contributed by atoms with Crippen molar-refractivity contribution in [1.82, 2.24) is 9.21 Å². The van der Waals surface area contributed by atoms with Crippen LogP contribution in [0.3, 0.4) is 0 Å². The van der Waals surface area contributed by atoms with Gasteiger partial charge in [-0.1, -0.05) is 6.07 Å². The van der Waals surface area contributed by atoms with E-state index in [9.17, 15) is 12.8 Å². The van der Waals surface area contributed by atoms with E-state index in [-0.39, 0.29) is 11.9 Å². The van der Waals surface area contributed by atoms with Crippen molar-refractivity contribution in [2.24, 2.45) is 5.92 Å². The summed E-state index contributed by atoms with van der Waals surface area (Å²) in [6, 6.07) is 5.33. The van der Waals surface area contributed by atoms with Gasteiger partial charge in [0.2, 0.25) is 10.0 Å². The summed E-state index contributed by atoms with van der Waals surface area (Å²) in [6.07, 6.45) is 4.16. The third-order valence-electron chi connectivity index (χ3n) is 5.21. The Hall–Kier alpha value is -0.980. The Morgan fingerprint density at radius 2 is 2.09 bits per heavy atom. The van der Waals surface area contributed by atoms with E-state index < -0.39 is 10.0 Å². The van der Waals surface area contributed by atoms with E-state index >= 15 is 0 Å². The number of benzene rings is 1. The molecule has 1 aromatic carbocycles. The SMILES string of the molecule is C[C@H]1c2ccc(F)cc2CCN1C[C@H]1CCCN(S(C)(=O)=O)C1. The molecule has 1 aromatic rings. The summed E-state index contributed by atoms with van der Waals surface area (Å²) in [7, 11) is -3.09. The smallest absolute Gasteiger partial charge is 0.211 e. The van der Waals surface area contributed by atoms with Crippen LogP contribution in [0.5, 0.6) is 0 Å². The summed E-state index contributed by atoms with van der Waals surface area (Å²) in [4.78, 5) is 2.41. The third kappa shape index (κ3) is 3.75. The first-order chi connectivity index (χ1) is 10.8. The number of sulfonamides is 1. The van der Waals surface area contributed by atoms with Gasteiger partial charge in [0.25, 0.3) is 0 Å². The highest BCUT2D eigenvalue weighted by molar-refractivity contribution is 7.88. The summed E-state index contributed by atoms with van der Waals surface area (Å²) in [6.45, 7) is 5.25. The molecule has 4 nitrogen and oxygen atoms in total. The molecule has 23 heavy (non-hydrogen) atoms. The zero-order valence-corrected chi connectivity index (χ0v) is 14.7. The van der Waals surface area contributed by atoms with Gasteiger partial charge in [-0.25, -0.2) is 17.1 Å². The molecule has 3 rings (SSSR count). The molecule has 0 aromatic heterocycles. The lowest BCUT2D eigenvalue weighted by atomic mass is 9.91. The van der Waals surface area contributed by atoms with Crippen LogP contribution in [-0.4, -0.2) is 50.1 Å². The maximum Gasteiger partial charge on any atom is 0.211 e. The fourth-order valence-electron chi connectivity index (χ4n) is 3.91. The van der Waals surface area contributed by atoms with Crippen LogP contribution in [0.4, 0.5) is 4.39 Å². The predicted molar refractivity (Wildman–Crippen MR) is 89.2 cm³/mol. The highest BCUT2D eigenvalue weighted by Gasteiger charge is 2.30. The van der Waals surface area contributed by atoms with Crippen LogP contribution in [0.25, 0.3) is 0 Å². The largest absolute Gasteiger partial charge is 0.296 e. The molecule has 1 fully saturated rings.